The first-order valence-electron chi connectivity index (χ1n) is 16.7. The summed E-state index contributed by atoms with van der Waals surface area (Å²) in [5.74, 6) is 0.121. The summed E-state index contributed by atoms with van der Waals surface area (Å²) in [5.41, 5.74) is 1.91. The molecule has 0 amide bonds. The fourth-order valence-corrected chi connectivity index (χ4v) is 10.5. The minimum Gasteiger partial charge on any atom is -0.396 e. The van der Waals surface area contributed by atoms with Crippen molar-refractivity contribution in [2.45, 2.75) is 128 Å². The van der Waals surface area contributed by atoms with Crippen molar-refractivity contribution in [2.24, 2.45) is 39.7 Å². The van der Waals surface area contributed by atoms with Crippen LogP contribution in [0.4, 0.5) is 0 Å². The maximum absolute atomic E-state index is 13.5. The molecule has 12 unspecified atom stereocenters. The Balaban J connectivity index is 1.22. The van der Waals surface area contributed by atoms with E-state index in [0.29, 0.717) is 57.3 Å². The molecule has 6 aliphatic rings. The van der Waals surface area contributed by atoms with E-state index in [1.165, 1.54) is 0 Å². The van der Waals surface area contributed by atoms with Gasteiger partial charge in [-0.1, -0.05) is 26.8 Å². The van der Waals surface area contributed by atoms with Crippen LogP contribution in [0.3, 0.4) is 0 Å². The van der Waals surface area contributed by atoms with Crippen molar-refractivity contribution in [3.05, 3.63) is 35.2 Å². The zero-order valence-corrected chi connectivity index (χ0v) is 27.1. The Morgan fingerprint density at radius 2 is 1.77 bits per heavy atom. The van der Waals surface area contributed by atoms with Crippen molar-refractivity contribution >= 4 is 5.78 Å². The van der Waals surface area contributed by atoms with Gasteiger partial charge in [0.25, 0.3) is 0 Å². The monoisotopic (exact) mass is 614 g/mol. The molecular weight excluding hydrogens is 560 g/mol. The molecule has 12 atom stereocenters. The minimum atomic E-state index is -1.43. The van der Waals surface area contributed by atoms with Crippen LogP contribution >= 0.6 is 0 Å². The molecule has 0 aromatic rings. The lowest BCUT2D eigenvalue weighted by atomic mass is 9.46. The van der Waals surface area contributed by atoms with Crippen LogP contribution in [-0.2, 0) is 9.53 Å². The first-order chi connectivity index (χ1) is 20.4. The van der Waals surface area contributed by atoms with Gasteiger partial charge in [0.1, 0.15) is 12.2 Å². The Labute approximate surface area is 261 Å². The Kier molecular flexibility index (Phi) is 7.59. The van der Waals surface area contributed by atoms with Crippen LogP contribution < -0.4 is 11.1 Å². The van der Waals surface area contributed by atoms with Gasteiger partial charge in [-0.3, -0.25) is 4.79 Å². The Bertz CT molecular complexity index is 1290. The van der Waals surface area contributed by atoms with Crippen LogP contribution in [0, 0.1) is 34.0 Å². The number of aliphatic hydroxyl groups is 5. The number of ether oxygens (including phenoxy) is 1. The molecular formula is C35H54N2O7. The summed E-state index contributed by atoms with van der Waals surface area (Å²) in [7, 11) is 0. The van der Waals surface area contributed by atoms with Gasteiger partial charge in [-0.25, -0.2) is 0 Å². The van der Waals surface area contributed by atoms with Crippen molar-refractivity contribution in [1.82, 2.24) is 5.32 Å². The van der Waals surface area contributed by atoms with Gasteiger partial charge in [0, 0.05) is 23.3 Å². The number of fused-ring (bicyclic) bond motifs is 5. The number of ketones is 1. The minimum absolute atomic E-state index is 0.00809. The summed E-state index contributed by atoms with van der Waals surface area (Å²) in [6.45, 7) is 9.94. The van der Waals surface area contributed by atoms with Gasteiger partial charge in [0.15, 0.2) is 5.78 Å². The Hall–Kier alpha value is -1.75. The normalized spacial score (nSPS) is 45.6. The first kappa shape index (κ1) is 32.2. The maximum Gasteiger partial charge on any atom is 0.159 e. The molecule has 9 heteroatoms. The fourth-order valence-electron chi connectivity index (χ4n) is 10.5. The van der Waals surface area contributed by atoms with Crippen LogP contribution in [0.5, 0.6) is 0 Å². The van der Waals surface area contributed by atoms with Crippen molar-refractivity contribution in [3.8, 4) is 0 Å². The molecule has 44 heavy (non-hydrogen) atoms. The Morgan fingerprint density at radius 3 is 2.45 bits per heavy atom. The lowest BCUT2D eigenvalue weighted by Gasteiger charge is -2.60. The number of epoxide rings is 1. The van der Waals surface area contributed by atoms with Crippen molar-refractivity contribution in [1.29, 1.82) is 0 Å². The van der Waals surface area contributed by atoms with Crippen LogP contribution in [0.2, 0.25) is 0 Å². The predicted octanol–water partition coefficient (Wildman–Crippen LogP) is 2.60. The lowest BCUT2D eigenvalue weighted by molar-refractivity contribution is -0.152. The second-order valence-electron chi connectivity index (χ2n) is 16.3. The summed E-state index contributed by atoms with van der Waals surface area (Å²) in [6, 6.07) is 0. The molecule has 246 valence electrons. The van der Waals surface area contributed by atoms with Crippen molar-refractivity contribution < 1.29 is 35.1 Å². The highest BCUT2D eigenvalue weighted by Crippen LogP contribution is 2.69. The smallest absolute Gasteiger partial charge is 0.159 e. The molecule has 6 rings (SSSR count). The number of hydrogen-bond donors (Lipinski definition) is 7. The number of hydrogen-bond acceptors (Lipinski definition) is 9. The molecule has 1 saturated heterocycles. The summed E-state index contributed by atoms with van der Waals surface area (Å²) >= 11 is 0. The molecule has 3 saturated carbocycles. The summed E-state index contributed by atoms with van der Waals surface area (Å²) in [4.78, 5) is 13.5. The number of rotatable bonds is 8. The predicted molar refractivity (Wildman–Crippen MR) is 166 cm³/mol. The quantitative estimate of drug-likeness (QED) is 0.203. The van der Waals surface area contributed by atoms with Crippen molar-refractivity contribution in [3.63, 3.8) is 0 Å². The van der Waals surface area contributed by atoms with E-state index in [4.69, 9.17) is 10.5 Å². The number of carbonyl (C=O) groups is 1. The van der Waals surface area contributed by atoms with E-state index < -0.39 is 45.9 Å². The summed E-state index contributed by atoms with van der Waals surface area (Å²) in [6.07, 6.45) is 9.39. The van der Waals surface area contributed by atoms with Crippen LogP contribution in [0.1, 0.15) is 92.4 Å². The molecule has 2 aliphatic heterocycles. The van der Waals surface area contributed by atoms with E-state index in [-0.39, 0.29) is 35.6 Å². The number of dihydropyridines is 1. The van der Waals surface area contributed by atoms with E-state index in [1.807, 2.05) is 19.1 Å². The van der Waals surface area contributed by atoms with Gasteiger partial charge in [-0.15, -0.1) is 0 Å². The number of aliphatic hydroxyl groups excluding tert-OH is 2. The molecule has 0 bridgehead atoms. The third kappa shape index (κ3) is 4.51. The van der Waals surface area contributed by atoms with E-state index in [0.717, 1.165) is 24.0 Å². The topological polar surface area (TPSA) is 169 Å². The average Bonchev–Trinajstić information content (AvgIpc) is 3.73. The molecule has 0 aromatic heterocycles. The standard InChI is InChI=1S/C35H54N2O7/c1-30(19-38,11-6-20-10-15-37-27(36)16-20)34(5,42)29-28(44-29)33(4,41)26-9-14-35(43)23-18-25(40)24-17-21(39)7-12-31(24,2)22(23)8-13-32(26,35)3/h10,16,18,21-22,24,26,28-29,37-39,41-43H,6-9,11-15,17,19,36H2,1-5H3. The van der Waals surface area contributed by atoms with Gasteiger partial charge < -0.3 is 41.3 Å². The third-order valence-electron chi connectivity index (χ3n) is 13.9. The Morgan fingerprint density at radius 1 is 1.05 bits per heavy atom. The molecule has 0 aromatic carbocycles. The average molecular weight is 615 g/mol. The molecule has 9 nitrogen and oxygen atoms in total. The van der Waals surface area contributed by atoms with Gasteiger partial charge in [0.05, 0.1) is 35.3 Å². The van der Waals surface area contributed by atoms with E-state index in [1.54, 1.807) is 19.9 Å². The highest BCUT2D eigenvalue weighted by molar-refractivity contribution is 5.95. The molecule has 0 radical (unpaired) electrons. The van der Waals surface area contributed by atoms with Crippen LogP contribution in [-0.4, -0.2) is 79.6 Å². The lowest BCUT2D eigenvalue weighted by Crippen LogP contribution is -2.61. The number of allylic oxidation sites excluding steroid dienone is 3. The zero-order valence-electron chi connectivity index (χ0n) is 27.1. The second-order valence-corrected chi connectivity index (χ2v) is 16.3. The van der Waals surface area contributed by atoms with Gasteiger partial charge >= 0.3 is 0 Å². The van der Waals surface area contributed by atoms with E-state index in [9.17, 15) is 30.3 Å². The third-order valence-corrected chi connectivity index (χ3v) is 13.9. The molecule has 4 aliphatic carbocycles. The van der Waals surface area contributed by atoms with E-state index in [2.05, 4.69) is 19.2 Å². The largest absolute Gasteiger partial charge is 0.396 e. The molecule has 4 fully saturated rings. The van der Waals surface area contributed by atoms with Crippen LogP contribution in [0.15, 0.2) is 35.2 Å². The number of nitrogens with one attached hydrogen (secondary N) is 1. The SMILES string of the molecule is CC(O)(C1OC1C(C)(O)C(C)(CO)CCC1=CCNC(N)=C1)C1CCC2(O)C3=CC(=O)C4CC(O)CCC4(C)C3CCC12C. The number of carbonyl (C=O) groups excluding carboxylic acids is 1. The highest BCUT2D eigenvalue weighted by Gasteiger charge is 2.73. The summed E-state index contributed by atoms with van der Waals surface area (Å²) < 4.78 is 6.15. The highest BCUT2D eigenvalue weighted by atomic mass is 16.6. The van der Waals surface area contributed by atoms with E-state index >= 15 is 0 Å². The first-order valence-corrected chi connectivity index (χ1v) is 16.7. The van der Waals surface area contributed by atoms with Gasteiger partial charge in [0.2, 0.25) is 0 Å². The van der Waals surface area contributed by atoms with Crippen molar-refractivity contribution in [2.75, 3.05) is 13.2 Å². The summed E-state index contributed by atoms with van der Waals surface area (Å²) in [5, 5.41) is 60.7. The molecule has 0 spiro atoms. The number of nitrogens with two attached hydrogens (primary N) is 1. The maximum atomic E-state index is 13.5. The van der Waals surface area contributed by atoms with Gasteiger partial charge in [-0.2, -0.15) is 0 Å². The second kappa shape index (κ2) is 10.4. The molecule has 8 N–H and O–H groups in total. The van der Waals surface area contributed by atoms with Gasteiger partial charge in [-0.05, 0) is 112 Å². The van der Waals surface area contributed by atoms with Crippen LogP contribution in [0.25, 0.3) is 0 Å². The fraction of sp³-hybridized carbons (Fsp3) is 0.800. The molecule has 2 heterocycles. The zero-order chi connectivity index (χ0) is 32.1.